The number of amides is 2. The van der Waals surface area contributed by atoms with Gasteiger partial charge in [0.25, 0.3) is 0 Å². The number of halogens is 1. The van der Waals surface area contributed by atoms with E-state index in [2.05, 4.69) is 12.2 Å². The van der Waals surface area contributed by atoms with Gasteiger partial charge in [0.15, 0.2) is 0 Å². The molecule has 2 amide bonds. The van der Waals surface area contributed by atoms with Gasteiger partial charge in [-0.3, -0.25) is 9.59 Å². The van der Waals surface area contributed by atoms with Crippen molar-refractivity contribution in [2.45, 2.75) is 40.2 Å². The summed E-state index contributed by atoms with van der Waals surface area (Å²) in [5, 5.41) is 2.78. The molecule has 0 aliphatic carbocycles. The molecule has 5 heteroatoms. The lowest BCUT2D eigenvalue weighted by Crippen LogP contribution is -2.51. The molecule has 0 atom stereocenters. The molecule has 0 radical (unpaired) electrons. The molecule has 1 N–H and O–H groups in total. The Morgan fingerprint density at radius 3 is 2.35 bits per heavy atom. The molecule has 126 valence electrons. The molecule has 1 saturated heterocycles. The molecule has 1 aliphatic rings. The molecular formula is C18H25FN2O2. The van der Waals surface area contributed by atoms with Crippen LogP contribution in [0.1, 0.15) is 39.2 Å². The molecule has 2 rings (SSSR count). The van der Waals surface area contributed by atoms with Gasteiger partial charge in [-0.25, -0.2) is 4.39 Å². The number of likely N-dealkylation sites (tertiary alicyclic amines) is 1. The van der Waals surface area contributed by atoms with E-state index in [1.165, 1.54) is 12.1 Å². The predicted octanol–water partition coefficient (Wildman–Crippen LogP) is 2.73. The highest BCUT2D eigenvalue weighted by molar-refractivity contribution is 6.04. The van der Waals surface area contributed by atoms with Crippen LogP contribution in [0.2, 0.25) is 0 Å². The second-order valence-corrected chi connectivity index (χ2v) is 6.91. The monoisotopic (exact) mass is 320 g/mol. The van der Waals surface area contributed by atoms with Crippen LogP contribution >= 0.6 is 0 Å². The maximum atomic E-state index is 12.9. The van der Waals surface area contributed by atoms with Crippen LogP contribution in [0, 0.1) is 17.2 Å². The van der Waals surface area contributed by atoms with Gasteiger partial charge in [0, 0.05) is 19.6 Å². The third-order valence-corrected chi connectivity index (χ3v) is 4.54. The lowest BCUT2D eigenvalue weighted by molar-refractivity contribution is -0.149. The first-order valence-electron chi connectivity index (χ1n) is 8.13. The summed E-state index contributed by atoms with van der Waals surface area (Å²) >= 11 is 0. The summed E-state index contributed by atoms with van der Waals surface area (Å²) in [6.07, 6.45) is 1.97. The molecule has 0 saturated carbocycles. The second-order valence-electron chi connectivity index (χ2n) is 6.91. The van der Waals surface area contributed by atoms with Gasteiger partial charge >= 0.3 is 0 Å². The number of hydrogen-bond donors (Lipinski definition) is 1. The van der Waals surface area contributed by atoms with Crippen molar-refractivity contribution >= 4 is 11.8 Å². The molecule has 1 aromatic rings. The Bertz CT molecular complexity index is 561. The Balaban J connectivity index is 1.93. The lowest BCUT2D eigenvalue weighted by Gasteiger charge is -2.35. The first-order chi connectivity index (χ1) is 10.8. The number of nitrogens with one attached hydrogen (secondary N) is 1. The number of benzene rings is 1. The normalized spacial score (nSPS) is 16.3. The quantitative estimate of drug-likeness (QED) is 0.867. The number of rotatable bonds is 4. The van der Waals surface area contributed by atoms with Crippen molar-refractivity contribution in [3.05, 3.63) is 35.6 Å². The average Bonchev–Trinajstić information content (AvgIpc) is 2.54. The fraction of sp³-hybridized carbons (Fsp3) is 0.556. The minimum absolute atomic E-state index is 0.124. The molecule has 0 bridgehead atoms. The Hall–Kier alpha value is -1.91. The summed E-state index contributed by atoms with van der Waals surface area (Å²) < 4.78 is 12.9. The minimum atomic E-state index is -1.10. The average molecular weight is 320 g/mol. The van der Waals surface area contributed by atoms with E-state index in [1.54, 1.807) is 30.9 Å². The highest BCUT2D eigenvalue weighted by atomic mass is 19.1. The van der Waals surface area contributed by atoms with Crippen molar-refractivity contribution in [1.29, 1.82) is 0 Å². The van der Waals surface area contributed by atoms with Crippen molar-refractivity contribution in [2.75, 3.05) is 13.1 Å². The van der Waals surface area contributed by atoms with Crippen molar-refractivity contribution in [1.82, 2.24) is 10.2 Å². The number of carbonyl (C=O) groups excluding carboxylic acids is 2. The van der Waals surface area contributed by atoms with E-state index in [0.29, 0.717) is 19.0 Å². The van der Waals surface area contributed by atoms with Crippen LogP contribution in [0.4, 0.5) is 4.39 Å². The smallest absolute Gasteiger partial charge is 0.237 e. The second kappa shape index (κ2) is 7.11. The molecule has 0 unspecified atom stereocenters. The van der Waals surface area contributed by atoms with Crippen molar-refractivity contribution in [3.8, 4) is 0 Å². The van der Waals surface area contributed by atoms with E-state index in [1.807, 2.05) is 0 Å². The Morgan fingerprint density at radius 1 is 1.22 bits per heavy atom. The predicted molar refractivity (Wildman–Crippen MR) is 87.0 cm³/mol. The molecular weight excluding hydrogens is 295 g/mol. The van der Waals surface area contributed by atoms with Gasteiger partial charge in [-0.1, -0.05) is 19.1 Å². The fourth-order valence-corrected chi connectivity index (χ4v) is 2.71. The zero-order valence-electron chi connectivity index (χ0n) is 14.1. The molecule has 4 nitrogen and oxygen atoms in total. The Morgan fingerprint density at radius 2 is 1.78 bits per heavy atom. The van der Waals surface area contributed by atoms with Crippen molar-refractivity contribution in [2.24, 2.45) is 11.3 Å². The van der Waals surface area contributed by atoms with E-state index in [9.17, 15) is 14.0 Å². The molecule has 0 spiro atoms. The van der Waals surface area contributed by atoms with Gasteiger partial charge in [-0.05, 0) is 50.3 Å². The summed E-state index contributed by atoms with van der Waals surface area (Å²) in [4.78, 5) is 26.8. The van der Waals surface area contributed by atoms with Gasteiger partial charge in [0.2, 0.25) is 11.8 Å². The molecule has 1 heterocycles. The molecule has 1 fully saturated rings. The molecule has 0 aromatic heterocycles. The summed E-state index contributed by atoms with van der Waals surface area (Å²) in [6.45, 7) is 7.22. The largest absolute Gasteiger partial charge is 0.351 e. The van der Waals surface area contributed by atoms with Crippen LogP contribution in [0.15, 0.2) is 24.3 Å². The van der Waals surface area contributed by atoms with Crippen molar-refractivity contribution in [3.63, 3.8) is 0 Å². The van der Waals surface area contributed by atoms with E-state index >= 15 is 0 Å². The van der Waals surface area contributed by atoms with Crippen LogP contribution in [-0.2, 0) is 16.1 Å². The summed E-state index contributed by atoms with van der Waals surface area (Å²) in [5.74, 6) is -0.101. The topological polar surface area (TPSA) is 49.4 Å². The Labute approximate surface area is 137 Å². The van der Waals surface area contributed by atoms with Crippen LogP contribution in [0.25, 0.3) is 0 Å². The summed E-state index contributed by atoms with van der Waals surface area (Å²) in [7, 11) is 0. The van der Waals surface area contributed by atoms with Gasteiger partial charge in [-0.2, -0.15) is 0 Å². The first-order valence-corrected chi connectivity index (χ1v) is 8.13. The van der Waals surface area contributed by atoms with E-state index in [4.69, 9.17) is 0 Å². The standard InChI is InChI=1S/C18H25FN2O2/c1-13-8-10-21(11-9-13)17(23)18(2,3)16(22)20-12-14-4-6-15(19)7-5-14/h4-7,13H,8-12H2,1-3H3,(H,20,22). The summed E-state index contributed by atoms with van der Waals surface area (Å²) in [5.41, 5.74) is -0.296. The maximum absolute atomic E-state index is 12.9. The van der Waals surface area contributed by atoms with Crippen LogP contribution in [-0.4, -0.2) is 29.8 Å². The molecule has 23 heavy (non-hydrogen) atoms. The Kier molecular flexibility index (Phi) is 5.39. The number of carbonyl (C=O) groups is 2. The van der Waals surface area contributed by atoms with Crippen LogP contribution < -0.4 is 5.32 Å². The van der Waals surface area contributed by atoms with Gasteiger partial charge in [0.05, 0.1) is 0 Å². The van der Waals surface area contributed by atoms with E-state index < -0.39 is 5.41 Å². The fourth-order valence-electron chi connectivity index (χ4n) is 2.71. The zero-order chi connectivity index (χ0) is 17.0. The van der Waals surface area contributed by atoms with Gasteiger partial charge < -0.3 is 10.2 Å². The number of nitrogens with zero attached hydrogens (tertiary/aromatic N) is 1. The van der Waals surface area contributed by atoms with Gasteiger partial charge in [0.1, 0.15) is 11.2 Å². The minimum Gasteiger partial charge on any atom is -0.351 e. The molecule has 1 aliphatic heterocycles. The highest BCUT2D eigenvalue weighted by Gasteiger charge is 2.39. The first kappa shape index (κ1) is 17.4. The van der Waals surface area contributed by atoms with Crippen LogP contribution in [0.5, 0.6) is 0 Å². The van der Waals surface area contributed by atoms with Gasteiger partial charge in [-0.15, -0.1) is 0 Å². The zero-order valence-corrected chi connectivity index (χ0v) is 14.1. The number of hydrogen-bond acceptors (Lipinski definition) is 2. The third-order valence-electron chi connectivity index (χ3n) is 4.54. The highest BCUT2D eigenvalue weighted by Crippen LogP contribution is 2.24. The maximum Gasteiger partial charge on any atom is 0.237 e. The lowest BCUT2D eigenvalue weighted by atomic mass is 9.88. The number of piperidine rings is 1. The van der Waals surface area contributed by atoms with Crippen molar-refractivity contribution < 1.29 is 14.0 Å². The van der Waals surface area contributed by atoms with E-state index in [0.717, 1.165) is 18.4 Å². The third kappa shape index (κ3) is 4.30. The molecule has 1 aromatic carbocycles. The SMILES string of the molecule is CC1CCN(C(=O)C(C)(C)C(=O)NCc2ccc(F)cc2)CC1. The van der Waals surface area contributed by atoms with Crippen LogP contribution in [0.3, 0.4) is 0 Å². The summed E-state index contributed by atoms with van der Waals surface area (Å²) in [6, 6.07) is 5.95. The van der Waals surface area contributed by atoms with E-state index in [-0.39, 0.29) is 24.2 Å².